The Bertz CT molecular complexity index is 552. The number of carbonyl (C=O) groups is 3. The third-order valence-corrected chi connectivity index (χ3v) is 4.74. The molecule has 1 aliphatic carbocycles. The van der Waals surface area contributed by atoms with Crippen molar-refractivity contribution in [3.8, 4) is 0 Å². The van der Waals surface area contributed by atoms with Gasteiger partial charge in [0, 0.05) is 19.0 Å². The van der Waals surface area contributed by atoms with Gasteiger partial charge in [-0.05, 0) is 18.9 Å². The summed E-state index contributed by atoms with van der Waals surface area (Å²) in [7, 11) is 0. The van der Waals surface area contributed by atoms with Crippen LogP contribution >= 0.6 is 0 Å². The predicted molar refractivity (Wildman–Crippen MR) is 71.3 cm³/mol. The number of rotatable bonds is 2. The minimum absolute atomic E-state index is 0.189. The summed E-state index contributed by atoms with van der Waals surface area (Å²) in [5.74, 6) is -1.23. The maximum Gasteiger partial charge on any atom is 0.236 e. The van der Waals surface area contributed by atoms with E-state index in [2.05, 4.69) is 0 Å². The molecule has 3 aliphatic heterocycles. The summed E-state index contributed by atoms with van der Waals surface area (Å²) in [6, 6.07) is 0. The van der Waals surface area contributed by atoms with Crippen LogP contribution in [0.15, 0.2) is 12.3 Å². The second-order valence-electron chi connectivity index (χ2n) is 6.17. The normalized spacial score (nSPS) is 39.7. The minimum atomic E-state index is -0.756. The molecule has 4 rings (SSSR count). The van der Waals surface area contributed by atoms with Gasteiger partial charge in [0.1, 0.15) is 18.3 Å². The van der Waals surface area contributed by atoms with E-state index in [4.69, 9.17) is 14.2 Å². The molecule has 7 nitrogen and oxygen atoms in total. The summed E-state index contributed by atoms with van der Waals surface area (Å²) in [5, 5.41) is 0. The topological polar surface area (TPSA) is 82.1 Å². The van der Waals surface area contributed by atoms with Crippen LogP contribution in [0.5, 0.6) is 0 Å². The Balaban J connectivity index is 1.61. The number of hydrogen-bond acceptors (Lipinski definition) is 6. The number of carbonyl (C=O) groups excluding carboxylic acids is 3. The smallest absolute Gasteiger partial charge is 0.236 e. The van der Waals surface area contributed by atoms with Gasteiger partial charge in [-0.2, -0.15) is 0 Å². The molecule has 1 saturated carbocycles. The van der Waals surface area contributed by atoms with Gasteiger partial charge in [0.2, 0.25) is 5.91 Å². The fourth-order valence-electron chi connectivity index (χ4n) is 3.70. The van der Waals surface area contributed by atoms with E-state index in [-0.39, 0.29) is 18.1 Å². The quantitative estimate of drug-likeness (QED) is 0.538. The number of ketones is 1. The highest BCUT2D eigenvalue weighted by Gasteiger charge is 2.60. The van der Waals surface area contributed by atoms with Crippen LogP contribution < -0.4 is 0 Å². The Kier molecular flexibility index (Phi) is 3.18. The number of amides is 1. The predicted octanol–water partition coefficient (Wildman–Crippen LogP) is 0.280. The first-order valence-electron chi connectivity index (χ1n) is 7.60. The third-order valence-electron chi connectivity index (χ3n) is 4.74. The Hall–Kier alpha value is -1.57. The summed E-state index contributed by atoms with van der Waals surface area (Å²) in [6.07, 6.45) is 4.40. The molecule has 7 heteroatoms. The lowest BCUT2D eigenvalue weighted by molar-refractivity contribution is -0.215. The van der Waals surface area contributed by atoms with Crippen molar-refractivity contribution in [3.05, 3.63) is 12.3 Å². The Morgan fingerprint density at radius 1 is 1.18 bits per heavy atom. The first kappa shape index (κ1) is 14.0. The first-order valence-corrected chi connectivity index (χ1v) is 7.60. The number of fused-ring (bicyclic) bond motifs is 1. The van der Waals surface area contributed by atoms with Crippen molar-refractivity contribution < 1.29 is 28.6 Å². The Morgan fingerprint density at radius 3 is 2.59 bits per heavy atom. The fraction of sp³-hybridized carbons (Fsp3) is 0.667. The van der Waals surface area contributed by atoms with E-state index in [0.29, 0.717) is 6.29 Å². The van der Waals surface area contributed by atoms with Crippen LogP contribution in [0.4, 0.5) is 0 Å². The van der Waals surface area contributed by atoms with Gasteiger partial charge in [-0.15, -0.1) is 0 Å². The van der Waals surface area contributed by atoms with Gasteiger partial charge < -0.3 is 19.0 Å². The Labute approximate surface area is 127 Å². The van der Waals surface area contributed by atoms with Crippen LogP contribution in [0.1, 0.15) is 32.1 Å². The zero-order valence-electron chi connectivity index (χ0n) is 12.0. The fourth-order valence-corrected chi connectivity index (χ4v) is 3.70. The first-order chi connectivity index (χ1) is 10.6. The van der Waals surface area contributed by atoms with Gasteiger partial charge in [-0.25, -0.2) is 0 Å². The minimum Gasteiger partial charge on any atom is -0.341 e. The zero-order chi connectivity index (χ0) is 15.3. The molecule has 1 amide bonds. The molecule has 3 fully saturated rings. The number of ether oxygens (including phenoxy) is 3. The average molecular weight is 307 g/mol. The van der Waals surface area contributed by atoms with E-state index in [0.717, 1.165) is 25.7 Å². The molecular formula is C15H17NO6. The molecule has 0 bridgehead atoms. The average Bonchev–Trinajstić information content (AvgIpc) is 3.16. The van der Waals surface area contributed by atoms with Gasteiger partial charge in [-0.3, -0.25) is 14.5 Å². The van der Waals surface area contributed by atoms with Crippen molar-refractivity contribution in [2.24, 2.45) is 0 Å². The summed E-state index contributed by atoms with van der Waals surface area (Å²) in [6.45, 7) is 0. The molecule has 22 heavy (non-hydrogen) atoms. The third kappa shape index (κ3) is 2.04. The second-order valence-corrected chi connectivity index (χ2v) is 6.17. The van der Waals surface area contributed by atoms with Gasteiger partial charge in [0.25, 0.3) is 0 Å². The molecule has 0 unspecified atom stereocenters. The molecule has 118 valence electrons. The number of aldehydes is 1. The van der Waals surface area contributed by atoms with E-state index in [9.17, 15) is 14.4 Å². The number of allylic oxidation sites excluding steroid dienone is 1. The molecule has 0 N–H and O–H groups in total. The monoisotopic (exact) mass is 307 g/mol. The highest BCUT2D eigenvalue weighted by molar-refractivity contribution is 6.06. The van der Waals surface area contributed by atoms with Crippen LogP contribution in [-0.4, -0.2) is 53.2 Å². The molecular weight excluding hydrogens is 290 g/mol. The van der Waals surface area contributed by atoms with Crippen LogP contribution in [0.2, 0.25) is 0 Å². The van der Waals surface area contributed by atoms with Crippen LogP contribution in [0.3, 0.4) is 0 Å². The standard InChI is InChI=1S/C15H17NO6/c17-8-10-12-13(22-15(21-12)4-1-2-5-15)14(20-10)16-6-3-9(18)7-11(16)19/h3,6,8,10,12-14H,1-2,4-5,7H2/t10-,12-,13-,14-/m1/s1. The summed E-state index contributed by atoms with van der Waals surface area (Å²) < 4.78 is 17.7. The Morgan fingerprint density at radius 2 is 1.91 bits per heavy atom. The van der Waals surface area contributed by atoms with E-state index in [1.807, 2.05) is 0 Å². The SMILES string of the molecule is O=C[C@H]1O[C@@H](N2C=CC(=O)CC2=O)[C@@H]2OC3(CCCC3)O[C@@H]21. The van der Waals surface area contributed by atoms with E-state index in [1.54, 1.807) is 0 Å². The molecule has 0 aromatic rings. The van der Waals surface area contributed by atoms with Crippen LogP contribution in [0, 0.1) is 0 Å². The highest BCUT2D eigenvalue weighted by atomic mass is 16.8. The van der Waals surface area contributed by atoms with Crippen LogP contribution in [-0.2, 0) is 28.6 Å². The van der Waals surface area contributed by atoms with Gasteiger partial charge in [-0.1, -0.05) is 0 Å². The summed E-state index contributed by atoms with van der Waals surface area (Å²) in [5.41, 5.74) is 0. The van der Waals surface area contributed by atoms with Gasteiger partial charge in [0.15, 0.2) is 24.1 Å². The van der Waals surface area contributed by atoms with Crippen molar-refractivity contribution >= 4 is 18.0 Å². The maximum atomic E-state index is 12.1. The van der Waals surface area contributed by atoms with Crippen molar-refractivity contribution in [1.82, 2.24) is 4.90 Å². The van der Waals surface area contributed by atoms with Crippen LogP contribution in [0.25, 0.3) is 0 Å². The highest BCUT2D eigenvalue weighted by Crippen LogP contribution is 2.47. The number of hydrogen-bond donors (Lipinski definition) is 0. The molecule has 0 aromatic heterocycles. The largest absolute Gasteiger partial charge is 0.341 e. The lowest BCUT2D eigenvalue weighted by Crippen LogP contribution is -2.46. The summed E-state index contributed by atoms with van der Waals surface area (Å²) in [4.78, 5) is 36.0. The molecule has 1 spiro atoms. The molecule has 4 atom stereocenters. The molecule has 2 saturated heterocycles. The van der Waals surface area contributed by atoms with Crippen molar-refractivity contribution in [2.75, 3.05) is 0 Å². The molecule has 3 heterocycles. The van der Waals surface area contributed by atoms with Crippen molar-refractivity contribution in [3.63, 3.8) is 0 Å². The molecule has 4 aliphatic rings. The van der Waals surface area contributed by atoms with E-state index < -0.39 is 30.3 Å². The van der Waals surface area contributed by atoms with E-state index in [1.165, 1.54) is 17.2 Å². The number of nitrogens with zero attached hydrogens (tertiary/aromatic N) is 1. The van der Waals surface area contributed by atoms with Gasteiger partial charge in [0.05, 0.1) is 6.42 Å². The lowest BCUT2D eigenvalue weighted by atomic mass is 10.1. The zero-order valence-corrected chi connectivity index (χ0v) is 12.0. The molecule has 0 radical (unpaired) electrons. The van der Waals surface area contributed by atoms with Gasteiger partial charge >= 0.3 is 0 Å². The maximum absolute atomic E-state index is 12.1. The van der Waals surface area contributed by atoms with Crippen molar-refractivity contribution in [1.29, 1.82) is 0 Å². The lowest BCUT2D eigenvalue weighted by Gasteiger charge is -2.31. The summed E-state index contributed by atoms with van der Waals surface area (Å²) >= 11 is 0. The molecule has 0 aromatic carbocycles. The second kappa shape index (κ2) is 4.97. The van der Waals surface area contributed by atoms with Crippen molar-refractivity contribution in [2.45, 2.75) is 62.4 Å². The van der Waals surface area contributed by atoms with E-state index >= 15 is 0 Å².